The second kappa shape index (κ2) is 5.13. The molecule has 0 aliphatic heterocycles. The molecule has 0 unspecified atom stereocenters. The Bertz CT molecular complexity index is 599. The van der Waals surface area contributed by atoms with Crippen LogP contribution < -0.4 is 0 Å². The summed E-state index contributed by atoms with van der Waals surface area (Å²) in [5.74, 6) is -0.00934. The molecular formula is C13H10F3NOS. The van der Waals surface area contributed by atoms with E-state index in [0.717, 1.165) is 23.9 Å². The Morgan fingerprint density at radius 3 is 2.63 bits per heavy atom. The van der Waals surface area contributed by atoms with Crippen molar-refractivity contribution in [2.24, 2.45) is 0 Å². The zero-order valence-corrected chi connectivity index (χ0v) is 10.7. The number of aryl methyl sites for hydroxylation is 1. The van der Waals surface area contributed by atoms with Crippen molar-refractivity contribution in [2.45, 2.75) is 22.9 Å². The molecule has 1 aromatic carbocycles. The highest BCUT2D eigenvalue weighted by molar-refractivity contribution is 7.99. The lowest BCUT2D eigenvalue weighted by Crippen LogP contribution is -2.04. The molecule has 2 nitrogen and oxygen atoms in total. The van der Waals surface area contributed by atoms with Crippen LogP contribution in [0.1, 0.15) is 11.3 Å². The van der Waals surface area contributed by atoms with Gasteiger partial charge in [-0.3, -0.25) is 4.98 Å². The molecule has 19 heavy (non-hydrogen) atoms. The van der Waals surface area contributed by atoms with Crippen LogP contribution in [-0.2, 0) is 6.18 Å². The zero-order valence-electron chi connectivity index (χ0n) is 9.90. The normalized spacial score (nSPS) is 11.6. The summed E-state index contributed by atoms with van der Waals surface area (Å²) in [7, 11) is 0. The van der Waals surface area contributed by atoms with Gasteiger partial charge in [0.1, 0.15) is 0 Å². The van der Waals surface area contributed by atoms with Crippen LogP contribution >= 0.6 is 11.8 Å². The van der Waals surface area contributed by atoms with Crippen LogP contribution in [0.5, 0.6) is 5.75 Å². The molecule has 1 heterocycles. The molecule has 1 aromatic heterocycles. The first kappa shape index (κ1) is 13.7. The number of nitrogens with zero attached hydrogens (tertiary/aromatic N) is 1. The van der Waals surface area contributed by atoms with E-state index in [2.05, 4.69) is 4.98 Å². The summed E-state index contributed by atoms with van der Waals surface area (Å²) in [5.41, 5.74) is -0.264. The van der Waals surface area contributed by atoms with Crippen molar-refractivity contribution in [1.29, 1.82) is 0 Å². The molecule has 100 valence electrons. The fourth-order valence-electron chi connectivity index (χ4n) is 1.48. The highest BCUT2D eigenvalue weighted by atomic mass is 32.2. The summed E-state index contributed by atoms with van der Waals surface area (Å²) in [5, 5.41) is 9.78. The van der Waals surface area contributed by atoms with E-state index in [1.54, 1.807) is 19.1 Å². The maximum Gasteiger partial charge on any atom is 0.416 e. The molecule has 0 radical (unpaired) electrons. The van der Waals surface area contributed by atoms with Gasteiger partial charge in [-0.25, -0.2) is 0 Å². The van der Waals surface area contributed by atoms with Crippen molar-refractivity contribution in [1.82, 2.24) is 4.98 Å². The minimum atomic E-state index is -4.37. The van der Waals surface area contributed by atoms with Crippen LogP contribution in [0.25, 0.3) is 0 Å². The number of rotatable bonds is 2. The molecule has 2 rings (SSSR count). The SMILES string of the molecule is Cc1nccc(Sc2cccc(C(F)(F)F)c2)c1O. The number of aromatic nitrogens is 1. The van der Waals surface area contributed by atoms with E-state index in [1.165, 1.54) is 12.3 Å². The number of hydrogen-bond acceptors (Lipinski definition) is 3. The van der Waals surface area contributed by atoms with Crippen molar-refractivity contribution < 1.29 is 18.3 Å². The molecule has 1 N–H and O–H groups in total. The van der Waals surface area contributed by atoms with Gasteiger partial charge < -0.3 is 5.11 Å². The lowest BCUT2D eigenvalue weighted by atomic mass is 10.2. The third-order valence-electron chi connectivity index (χ3n) is 2.46. The monoisotopic (exact) mass is 285 g/mol. The number of benzene rings is 1. The van der Waals surface area contributed by atoms with E-state index < -0.39 is 11.7 Å². The Balaban J connectivity index is 2.31. The number of alkyl halides is 3. The van der Waals surface area contributed by atoms with Gasteiger partial charge in [0.2, 0.25) is 0 Å². The van der Waals surface area contributed by atoms with Gasteiger partial charge in [0.25, 0.3) is 0 Å². The average molecular weight is 285 g/mol. The van der Waals surface area contributed by atoms with Gasteiger partial charge in [0.05, 0.1) is 16.2 Å². The Hall–Kier alpha value is -1.69. The highest BCUT2D eigenvalue weighted by Crippen LogP contribution is 2.37. The van der Waals surface area contributed by atoms with Gasteiger partial charge in [-0.15, -0.1) is 0 Å². The maximum absolute atomic E-state index is 12.6. The molecule has 6 heteroatoms. The van der Waals surface area contributed by atoms with Gasteiger partial charge in [-0.1, -0.05) is 17.8 Å². The second-order valence-electron chi connectivity index (χ2n) is 3.87. The second-order valence-corrected chi connectivity index (χ2v) is 4.99. The predicted molar refractivity (Wildman–Crippen MR) is 66.2 cm³/mol. The van der Waals surface area contributed by atoms with Crippen molar-refractivity contribution >= 4 is 11.8 Å². The van der Waals surface area contributed by atoms with Gasteiger partial charge in [0, 0.05) is 11.1 Å². The van der Waals surface area contributed by atoms with Crippen molar-refractivity contribution in [3.05, 3.63) is 47.8 Å². The van der Waals surface area contributed by atoms with E-state index >= 15 is 0 Å². The van der Waals surface area contributed by atoms with Crippen molar-refractivity contribution in [2.75, 3.05) is 0 Å². The van der Waals surface area contributed by atoms with Gasteiger partial charge in [0.15, 0.2) is 5.75 Å². The molecule has 2 aromatic rings. The Labute approximate surface area is 112 Å². The lowest BCUT2D eigenvalue weighted by Gasteiger charge is -2.09. The largest absolute Gasteiger partial charge is 0.505 e. The highest BCUT2D eigenvalue weighted by Gasteiger charge is 2.30. The maximum atomic E-state index is 12.6. The molecule has 0 spiro atoms. The summed E-state index contributed by atoms with van der Waals surface area (Å²) in [4.78, 5) is 4.79. The van der Waals surface area contributed by atoms with Gasteiger partial charge >= 0.3 is 6.18 Å². The quantitative estimate of drug-likeness (QED) is 0.894. The predicted octanol–water partition coefficient (Wildman–Crippen LogP) is 4.27. The van der Waals surface area contributed by atoms with Crippen LogP contribution in [0.2, 0.25) is 0 Å². The molecular weight excluding hydrogens is 275 g/mol. The number of pyridine rings is 1. The summed E-state index contributed by atoms with van der Waals surface area (Å²) < 4.78 is 37.7. The molecule has 0 saturated carbocycles. The van der Waals surface area contributed by atoms with Crippen molar-refractivity contribution in [3.8, 4) is 5.75 Å². The van der Waals surface area contributed by atoms with E-state index in [1.807, 2.05) is 0 Å². The first-order chi connectivity index (χ1) is 8.88. The lowest BCUT2D eigenvalue weighted by molar-refractivity contribution is -0.137. The molecule has 0 aliphatic rings. The molecule has 0 bridgehead atoms. The van der Waals surface area contributed by atoms with Crippen LogP contribution in [-0.4, -0.2) is 10.1 Å². The van der Waals surface area contributed by atoms with E-state index in [4.69, 9.17) is 0 Å². The first-order valence-corrected chi connectivity index (χ1v) is 6.19. The molecule has 0 amide bonds. The summed E-state index contributed by atoms with van der Waals surface area (Å²) in [6.07, 6.45) is -2.86. The Morgan fingerprint density at radius 2 is 1.95 bits per heavy atom. The van der Waals surface area contributed by atoms with Crippen LogP contribution in [0, 0.1) is 6.92 Å². The molecule has 0 fully saturated rings. The first-order valence-electron chi connectivity index (χ1n) is 5.37. The minimum Gasteiger partial charge on any atom is -0.505 e. The van der Waals surface area contributed by atoms with Crippen molar-refractivity contribution in [3.63, 3.8) is 0 Å². The smallest absolute Gasteiger partial charge is 0.416 e. The third kappa shape index (κ3) is 3.20. The Morgan fingerprint density at radius 1 is 1.21 bits per heavy atom. The molecule has 0 aliphatic carbocycles. The summed E-state index contributed by atoms with van der Waals surface area (Å²) in [6, 6.07) is 6.54. The molecule has 0 atom stereocenters. The van der Waals surface area contributed by atoms with Gasteiger partial charge in [-0.2, -0.15) is 13.2 Å². The van der Waals surface area contributed by atoms with E-state index in [9.17, 15) is 18.3 Å². The van der Waals surface area contributed by atoms with Gasteiger partial charge in [-0.05, 0) is 31.2 Å². The number of hydrogen-bond donors (Lipinski definition) is 1. The van der Waals surface area contributed by atoms with E-state index in [0.29, 0.717) is 15.5 Å². The van der Waals surface area contributed by atoms with Crippen LogP contribution in [0.4, 0.5) is 13.2 Å². The summed E-state index contributed by atoms with van der Waals surface area (Å²) >= 11 is 1.07. The van der Waals surface area contributed by atoms with E-state index in [-0.39, 0.29) is 5.75 Å². The minimum absolute atomic E-state index is 0.00934. The Kier molecular flexibility index (Phi) is 3.71. The fourth-order valence-corrected chi connectivity index (χ4v) is 2.44. The topological polar surface area (TPSA) is 33.1 Å². The molecule has 0 saturated heterocycles. The number of halogens is 3. The van der Waals surface area contributed by atoms with Crippen LogP contribution in [0.15, 0.2) is 46.3 Å². The average Bonchev–Trinajstić information content (AvgIpc) is 2.34. The standard InChI is InChI=1S/C13H10F3NOS/c1-8-12(18)11(5-6-17-8)19-10-4-2-3-9(7-10)13(14,15)16/h2-7,18H,1H3. The van der Waals surface area contributed by atoms with Crippen LogP contribution in [0.3, 0.4) is 0 Å². The number of aromatic hydroxyl groups is 1. The zero-order chi connectivity index (χ0) is 14.0. The summed E-state index contributed by atoms with van der Waals surface area (Å²) in [6.45, 7) is 1.63. The fraction of sp³-hybridized carbons (Fsp3) is 0.154. The third-order valence-corrected chi connectivity index (χ3v) is 3.50.